The molecule has 0 aliphatic rings. The molecule has 0 atom stereocenters. The van der Waals surface area contributed by atoms with Crippen molar-refractivity contribution < 1.29 is 4.74 Å². The van der Waals surface area contributed by atoms with Gasteiger partial charge >= 0.3 is 0 Å². The quantitative estimate of drug-likeness (QED) is 0.880. The minimum absolute atomic E-state index is 0.440. The monoisotopic (exact) mass is 233 g/mol. The third-order valence-corrected chi connectivity index (χ3v) is 2.94. The lowest BCUT2D eigenvalue weighted by Crippen LogP contribution is -1.94. The van der Waals surface area contributed by atoms with E-state index in [9.17, 15) is 0 Å². The molecule has 16 heavy (non-hydrogen) atoms. The Morgan fingerprint density at radius 1 is 1.25 bits per heavy atom. The second-order valence-electron chi connectivity index (χ2n) is 3.03. The first-order valence-corrected chi connectivity index (χ1v) is 5.49. The minimum Gasteiger partial charge on any atom is -0.497 e. The lowest BCUT2D eigenvalue weighted by Gasteiger charge is -2.04. The highest BCUT2D eigenvalue weighted by Gasteiger charge is 2.04. The number of ether oxygens (including phenoxy) is 1. The minimum atomic E-state index is 0.440. The zero-order valence-corrected chi connectivity index (χ0v) is 9.57. The number of nitrogen functional groups attached to an aromatic ring is 1. The normalized spacial score (nSPS) is 10.1. The molecule has 5 heteroatoms. The first-order valence-electron chi connectivity index (χ1n) is 4.68. The standard InChI is InChI=1S/C11H11N3OS/c1-15-8-3-2-4-9(7-8)16-11-10(12)13-5-6-14-11/h2-7H,1H3,(H2,12,13). The van der Waals surface area contributed by atoms with Crippen molar-refractivity contribution in [2.75, 3.05) is 12.8 Å². The number of nitrogens with two attached hydrogens (primary N) is 1. The van der Waals surface area contributed by atoms with Crippen molar-refractivity contribution in [3.63, 3.8) is 0 Å². The van der Waals surface area contributed by atoms with Crippen molar-refractivity contribution in [3.8, 4) is 5.75 Å². The summed E-state index contributed by atoms with van der Waals surface area (Å²) in [5, 5.41) is 0.704. The van der Waals surface area contributed by atoms with E-state index in [2.05, 4.69) is 9.97 Å². The van der Waals surface area contributed by atoms with Crippen LogP contribution in [0.1, 0.15) is 0 Å². The van der Waals surface area contributed by atoms with Gasteiger partial charge < -0.3 is 10.5 Å². The Balaban J connectivity index is 2.24. The second-order valence-corrected chi connectivity index (χ2v) is 4.09. The SMILES string of the molecule is COc1cccc(Sc2nccnc2N)c1. The van der Waals surface area contributed by atoms with Crippen LogP contribution in [-0.4, -0.2) is 17.1 Å². The van der Waals surface area contributed by atoms with Crippen LogP contribution in [0.25, 0.3) is 0 Å². The van der Waals surface area contributed by atoms with Gasteiger partial charge in [0.15, 0.2) is 5.82 Å². The molecule has 0 aliphatic heterocycles. The van der Waals surface area contributed by atoms with Crippen molar-refractivity contribution in [3.05, 3.63) is 36.7 Å². The van der Waals surface area contributed by atoms with Gasteiger partial charge in [-0.1, -0.05) is 17.8 Å². The lowest BCUT2D eigenvalue weighted by atomic mass is 10.3. The zero-order valence-electron chi connectivity index (χ0n) is 8.75. The van der Waals surface area contributed by atoms with E-state index < -0.39 is 0 Å². The molecule has 0 spiro atoms. The summed E-state index contributed by atoms with van der Waals surface area (Å²) >= 11 is 1.47. The maximum atomic E-state index is 5.71. The summed E-state index contributed by atoms with van der Waals surface area (Å²) < 4.78 is 5.14. The maximum absolute atomic E-state index is 5.71. The van der Waals surface area contributed by atoms with E-state index in [0.717, 1.165) is 10.6 Å². The predicted octanol–water partition coefficient (Wildman–Crippen LogP) is 2.22. The van der Waals surface area contributed by atoms with Gasteiger partial charge in [0.2, 0.25) is 0 Å². The Morgan fingerprint density at radius 2 is 2.06 bits per heavy atom. The summed E-state index contributed by atoms with van der Waals surface area (Å²) in [5.74, 6) is 1.25. The van der Waals surface area contributed by atoms with Crippen molar-refractivity contribution in [2.24, 2.45) is 0 Å². The van der Waals surface area contributed by atoms with Crippen molar-refractivity contribution in [2.45, 2.75) is 9.92 Å². The lowest BCUT2D eigenvalue weighted by molar-refractivity contribution is 0.413. The molecule has 2 N–H and O–H groups in total. The molecular weight excluding hydrogens is 222 g/mol. The van der Waals surface area contributed by atoms with Crippen molar-refractivity contribution >= 4 is 17.6 Å². The highest BCUT2D eigenvalue weighted by molar-refractivity contribution is 7.99. The Kier molecular flexibility index (Phi) is 3.26. The number of anilines is 1. The summed E-state index contributed by atoms with van der Waals surface area (Å²) in [6.45, 7) is 0. The summed E-state index contributed by atoms with van der Waals surface area (Å²) in [6, 6.07) is 7.72. The molecule has 1 aromatic carbocycles. The average molecular weight is 233 g/mol. The number of nitrogens with zero attached hydrogens (tertiary/aromatic N) is 2. The van der Waals surface area contributed by atoms with Gasteiger partial charge in [-0.3, -0.25) is 0 Å². The summed E-state index contributed by atoms with van der Waals surface area (Å²) in [7, 11) is 1.64. The van der Waals surface area contributed by atoms with E-state index in [1.54, 1.807) is 19.5 Å². The molecule has 0 aliphatic carbocycles. The Bertz CT molecular complexity index is 490. The Hall–Kier alpha value is -1.75. The van der Waals surface area contributed by atoms with Crippen LogP contribution in [-0.2, 0) is 0 Å². The predicted molar refractivity (Wildman–Crippen MR) is 63.6 cm³/mol. The molecule has 2 rings (SSSR count). The fourth-order valence-electron chi connectivity index (χ4n) is 1.19. The smallest absolute Gasteiger partial charge is 0.156 e. The van der Waals surface area contributed by atoms with Crippen molar-refractivity contribution in [1.29, 1.82) is 0 Å². The van der Waals surface area contributed by atoms with Crippen molar-refractivity contribution in [1.82, 2.24) is 9.97 Å². The number of aromatic nitrogens is 2. The molecule has 1 heterocycles. The van der Waals surface area contributed by atoms with Crippen LogP contribution < -0.4 is 10.5 Å². The molecule has 0 unspecified atom stereocenters. The molecule has 0 radical (unpaired) electrons. The third-order valence-electron chi connectivity index (χ3n) is 1.95. The van der Waals surface area contributed by atoms with Gasteiger partial charge in [0.1, 0.15) is 10.8 Å². The van der Waals surface area contributed by atoms with Crippen LogP contribution in [0.4, 0.5) is 5.82 Å². The van der Waals surface area contributed by atoms with Crippen LogP contribution in [0.5, 0.6) is 5.75 Å². The molecule has 4 nitrogen and oxygen atoms in total. The van der Waals surface area contributed by atoms with Gasteiger partial charge in [-0.05, 0) is 18.2 Å². The fraction of sp³-hybridized carbons (Fsp3) is 0.0909. The molecule has 1 aromatic heterocycles. The Labute approximate surface area is 97.9 Å². The summed E-state index contributed by atoms with van der Waals surface area (Å²) in [5.41, 5.74) is 5.71. The number of methoxy groups -OCH3 is 1. The summed E-state index contributed by atoms with van der Waals surface area (Å²) in [6.07, 6.45) is 3.20. The van der Waals surface area contributed by atoms with E-state index in [1.165, 1.54) is 11.8 Å². The Morgan fingerprint density at radius 3 is 2.81 bits per heavy atom. The molecule has 0 saturated carbocycles. The molecular formula is C11H11N3OS. The average Bonchev–Trinajstić information content (AvgIpc) is 2.32. The number of hydrogen-bond donors (Lipinski definition) is 1. The highest BCUT2D eigenvalue weighted by atomic mass is 32.2. The van der Waals surface area contributed by atoms with E-state index in [4.69, 9.17) is 10.5 Å². The topological polar surface area (TPSA) is 61.0 Å². The van der Waals surface area contributed by atoms with Crippen LogP contribution in [0.15, 0.2) is 46.6 Å². The van der Waals surface area contributed by atoms with Gasteiger partial charge in [0, 0.05) is 17.3 Å². The van der Waals surface area contributed by atoms with Crippen LogP contribution in [0.2, 0.25) is 0 Å². The summed E-state index contributed by atoms with van der Waals surface area (Å²) in [4.78, 5) is 9.16. The van der Waals surface area contributed by atoms with E-state index in [1.807, 2.05) is 24.3 Å². The van der Waals surface area contributed by atoms with Gasteiger partial charge in [-0.2, -0.15) is 0 Å². The molecule has 2 aromatic rings. The number of rotatable bonds is 3. The van der Waals surface area contributed by atoms with E-state index in [-0.39, 0.29) is 0 Å². The number of benzene rings is 1. The molecule has 0 saturated heterocycles. The zero-order chi connectivity index (χ0) is 11.4. The van der Waals surface area contributed by atoms with Gasteiger partial charge in [-0.15, -0.1) is 0 Å². The van der Waals surface area contributed by atoms with Gasteiger partial charge in [-0.25, -0.2) is 9.97 Å². The van der Waals surface area contributed by atoms with E-state index in [0.29, 0.717) is 10.8 Å². The van der Waals surface area contributed by atoms with Crippen LogP contribution in [0, 0.1) is 0 Å². The van der Waals surface area contributed by atoms with Crippen LogP contribution in [0.3, 0.4) is 0 Å². The highest BCUT2D eigenvalue weighted by Crippen LogP contribution is 2.30. The number of hydrogen-bond acceptors (Lipinski definition) is 5. The largest absolute Gasteiger partial charge is 0.497 e. The first kappa shape index (κ1) is 10.8. The van der Waals surface area contributed by atoms with Gasteiger partial charge in [0.05, 0.1) is 7.11 Å². The second kappa shape index (κ2) is 4.85. The van der Waals surface area contributed by atoms with Crippen LogP contribution >= 0.6 is 11.8 Å². The molecule has 0 amide bonds. The molecule has 0 fully saturated rings. The first-order chi connectivity index (χ1) is 7.79. The molecule has 82 valence electrons. The maximum Gasteiger partial charge on any atom is 0.156 e. The third kappa shape index (κ3) is 2.43. The molecule has 0 bridgehead atoms. The van der Waals surface area contributed by atoms with Gasteiger partial charge in [0.25, 0.3) is 0 Å². The van der Waals surface area contributed by atoms with E-state index >= 15 is 0 Å². The fourth-order valence-corrected chi connectivity index (χ4v) is 2.01.